The number of aromatic nitrogens is 2. The summed E-state index contributed by atoms with van der Waals surface area (Å²) in [7, 11) is 0. The van der Waals surface area contributed by atoms with Crippen LogP contribution in [0.4, 0.5) is 0 Å². The Morgan fingerprint density at radius 3 is 2.89 bits per heavy atom. The lowest BCUT2D eigenvalue weighted by molar-refractivity contribution is 0.670. The van der Waals surface area contributed by atoms with Gasteiger partial charge < -0.3 is 0 Å². The van der Waals surface area contributed by atoms with Gasteiger partial charge >= 0.3 is 0 Å². The van der Waals surface area contributed by atoms with Crippen LogP contribution < -0.4 is 0 Å². The quantitative estimate of drug-likeness (QED) is 0.828. The average molecular weight is 259 g/mol. The van der Waals surface area contributed by atoms with Gasteiger partial charge in [0.1, 0.15) is 0 Å². The molecular weight excluding hydrogens is 242 g/mol. The van der Waals surface area contributed by atoms with Gasteiger partial charge in [0, 0.05) is 10.6 Å². The first-order valence-electron chi connectivity index (χ1n) is 6.61. The Kier molecular flexibility index (Phi) is 2.87. The zero-order valence-corrected chi connectivity index (χ0v) is 11.7. The van der Waals surface area contributed by atoms with Crippen LogP contribution in [0, 0.1) is 11.3 Å². The Balaban J connectivity index is 2.26. The van der Waals surface area contributed by atoms with E-state index in [-0.39, 0.29) is 0 Å². The van der Waals surface area contributed by atoms with Crippen molar-refractivity contribution in [3.05, 3.63) is 22.0 Å². The number of hydrogen-bond acceptors (Lipinski definition) is 3. The Bertz CT molecular complexity index is 628. The molecule has 2 aromatic rings. The van der Waals surface area contributed by atoms with Gasteiger partial charge in [-0.25, -0.2) is 4.98 Å². The van der Waals surface area contributed by atoms with Crippen molar-refractivity contribution in [2.24, 2.45) is 0 Å². The molecule has 0 fully saturated rings. The van der Waals surface area contributed by atoms with Crippen molar-refractivity contribution < 1.29 is 0 Å². The van der Waals surface area contributed by atoms with Gasteiger partial charge in [-0.1, -0.05) is 13.8 Å². The number of rotatable bonds is 2. The summed E-state index contributed by atoms with van der Waals surface area (Å²) >= 11 is 1.82. The van der Waals surface area contributed by atoms with E-state index in [0.717, 1.165) is 22.8 Å². The molecule has 0 amide bonds. The lowest BCUT2D eigenvalue weighted by atomic mass is 10.0. The molecule has 4 heteroatoms. The molecule has 0 aliphatic heterocycles. The maximum absolute atomic E-state index is 9.06. The number of thiazole rings is 1. The number of imidazole rings is 1. The molecule has 0 bridgehead atoms. The molecule has 2 aromatic heterocycles. The smallest absolute Gasteiger partial charge is 0.194 e. The third kappa shape index (κ3) is 1.65. The highest BCUT2D eigenvalue weighted by molar-refractivity contribution is 7.17. The van der Waals surface area contributed by atoms with E-state index >= 15 is 0 Å². The summed E-state index contributed by atoms with van der Waals surface area (Å²) in [5, 5.41) is 9.06. The molecule has 1 aliphatic rings. The van der Waals surface area contributed by atoms with Crippen LogP contribution in [-0.4, -0.2) is 9.38 Å². The van der Waals surface area contributed by atoms with Gasteiger partial charge in [0.05, 0.1) is 23.9 Å². The first-order valence-corrected chi connectivity index (χ1v) is 7.42. The number of hydrogen-bond donors (Lipinski definition) is 0. The minimum Gasteiger partial charge on any atom is -0.290 e. The van der Waals surface area contributed by atoms with E-state index in [9.17, 15) is 0 Å². The maximum atomic E-state index is 9.06. The summed E-state index contributed by atoms with van der Waals surface area (Å²) in [4.78, 5) is 7.34. The third-order valence-corrected chi connectivity index (χ3v) is 4.78. The third-order valence-electron chi connectivity index (χ3n) is 3.64. The summed E-state index contributed by atoms with van der Waals surface area (Å²) in [6.07, 6.45) is 5.35. The monoisotopic (exact) mass is 259 g/mol. The standard InChI is InChI=1S/C14H17N3S/c1-9(2)13-11(7-8-15)17-10-5-3-4-6-12(10)18-14(17)16-13/h9H,3-7H2,1-2H3. The number of nitrogens with zero attached hydrogens (tertiary/aromatic N) is 3. The molecule has 0 saturated heterocycles. The first-order chi connectivity index (χ1) is 8.72. The SMILES string of the molecule is CC(C)c1nc2sc3c(n2c1CC#N)CCCC3. The first kappa shape index (κ1) is 11.7. The molecule has 0 aromatic carbocycles. The summed E-state index contributed by atoms with van der Waals surface area (Å²) < 4.78 is 2.28. The second kappa shape index (κ2) is 4.40. The van der Waals surface area contributed by atoms with Gasteiger partial charge in [0.25, 0.3) is 0 Å². The summed E-state index contributed by atoms with van der Waals surface area (Å²) in [6, 6.07) is 2.30. The van der Waals surface area contributed by atoms with Crippen LogP contribution in [0.1, 0.15) is 54.6 Å². The van der Waals surface area contributed by atoms with E-state index < -0.39 is 0 Å². The molecular formula is C14H17N3S. The van der Waals surface area contributed by atoms with Crippen molar-refractivity contribution in [2.45, 2.75) is 51.9 Å². The second-order valence-corrected chi connectivity index (χ2v) is 6.29. The number of aryl methyl sites for hydroxylation is 2. The van der Waals surface area contributed by atoms with Crippen LogP contribution in [0.25, 0.3) is 4.96 Å². The van der Waals surface area contributed by atoms with Crippen molar-refractivity contribution in [1.82, 2.24) is 9.38 Å². The molecule has 18 heavy (non-hydrogen) atoms. The number of nitriles is 1. The largest absolute Gasteiger partial charge is 0.290 e. The van der Waals surface area contributed by atoms with E-state index in [1.165, 1.54) is 29.8 Å². The maximum Gasteiger partial charge on any atom is 0.194 e. The molecule has 0 atom stereocenters. The van der Waals surface area contributed by atoms with Crippen molar-refractivity contribution in [2.75, 3.05) is 0 Å². The molecule has 3 nitrogen and oxygen atoms in total. The zero-order chi connectivity index (χ0) is 12.7. The van der Waals surface area contributed by atoms with Gasteiger partial charge in [-0.2, -0.15) is 5.26 Å². The zero-order valence-electron chi connectivity index (χ0n) is 10.9. The van der Waals surface area contributed by atoms with Crippen LogP contribution in [0.2, 0.25) is 0 Å². The number of fused-ring (bicyclic) bond motifs is 3. The summed E-state index contributed by atoms with van der Waals surface area (Å²) in [5.41, 5.74) is 3.66. The van der Waals surface area contributed by atoms with E-state index in [1.54, 1.807) is 0 Å². The minimum atomic E-state index is 0.389. The van der Waals surface area contributed by atoms with Crippen molar-refractivity contribution in [3.63, 3.8) is 0 Å². The van der Waals surface area contributed by atoms with Crippen molar-refractivity contribution >= 4 is 16.3 Å². The van der Waals surface area contributed by atoms with Gasteiger partial charge in [-0.3, -0.25) is 4.40 Å². The van der Waals surface area contributed by atoms with Crippen LogP contribution in [-0.2, 0) is 19.3 Å². The lowest BCUT2D eigenvalue weighted by Gasteiger charge is -2.12. The predicted molar refractivity (Wildman–Crippen MR) is 73.1 cm³/mol. The van der Waals surface area contributed by atoms with E-state index in [4.69, 9.17) is 10.2 Å². The topological polar surface area (TPSA) is 41.1 Å². The fourth-order valence-electron chi connectivity index (χ4n) is 2.82. The highest BCUT2D eigenvalue weighted by Crippen LogP contribution is 2.33. The Morgan fingerprint density at radius 1 is 1.39 bits per heavy atom. The van der Waals surface area contributed by atoms with E-state index in [2.05, 4.69) is 24.3 Å². The minimum absolute atomic E-state index is 0.389. The molecule has 0 spiro atoms. The summed E-state index contributed by atoms with van der Waals surface area (Å²) in [6.45, 7) is 4.31. The Morgan fingerprint density at radius 2 is 2.17 bits per heavy atom. The molecule has 2 heterocycles. The normalized spacial score (nSPS) is 15.0. The van der Waals surface area contributed by atoms with Crippen LogP contribution in [0.3, 0.4) is 0 Å². The average Bonchev–Trinajstić information content (AvgIpc) is 2.86. The Labute approximate surface area is 111 Å². The molecule has 0 radical (unpaired) electrons. The lowest BCUT2D eigenvalue weighted by Crippen LogP contribution is -2.06. The molecule has 0 N–H and O–H groups in total. The van der Waals surface area contributed by atoms with Crippen LogP contribution >= 0.6 is 11.3 Å². The fourth-order valence-corrected chi connectivity index (χ4v) is 4.05. The molecule has 0 unspecified atom stereocenters. The fraction of sp³-hybridized carbons (Fsp3) is 0.571. The molecule has 0 saturated carbocycles. The predicted octanol–water partition coefficient (Wildman–Crippen LogP) is 3.46. The summed E-state index contributed by atoms with van der Waals surface area (Å²) in [5.74, 6) is 0.389. The van der Waals surface area contributed by atoms with Crippen LogP contribution in [0.5, 0.6) is 0 Å². The van der Waals surface area contributed by atoms with Gasteiger partial charge in [0.15, 0.2) is 4.96 Å². The highest BCUT2D eigenvalue weighted by atomic mass is 32.1. The van der Waals surface area contributed by atoms with Crippen LogP contribution in [0.15, 0.2) is 0 Å². The van der Waals surface area contributed by atoms with E-state index in [0.29, 0.717) is 12.3 Å². The second-order valence-electron chi connectivity index (χ2n) is 5.23. The van der Waals surface area contributed by atoms with Crippen molar-refractivity contribution in [1.29, 1.82) is 5.26 Å². The van der Waals surface area contributed by atoms with Gasteiger partial charge in [0.2, 0.25) is 0 Å². The molecule has 1 aliphatic carbocycles. The van der Waals surface area contributed by atoms with Gasteiger partial charge in [-0.05, 0) is 31.6 Å². The van der Waals surface area contributed by atoms with Crippen molar-refractivity contribution in [3.8, 4) is 6.07 Å². The Hall–Kier alpha value is -1.34. The van der Waals surface area contributed by atoms with Gasteiger partial charge in [-0.15, -0.1) is 11.3 Å². The van der Waals surface area contributed by atoms with E-state index in [1.807, 2.05) is 11.3 Å². The highest BCUT2D eigenvalue weighted by Gasteiger charge is 2.23. The molecule has 94 valence electrons. The molecule has 3 rings (SSSR count).